The first-order chi connectivity index (χ1) is 15.6. The monoisotopic (exact) mass is 476 g/mol. The highest BCUT2D eigenvalue weighted by atomic mass is 32.2. The third-order valence-electron chi connectivity index (χ3n) is 5.10. The molecule has 1 aliphatic heterocycles. The van der Waals surface area contributed by atoms with Crippen molar-refractivity contribution in [3.05, 3.63) is 83.9 Å². The average molecular weight is 476 g/mol. The first-order valence-electron chi connectivity index (χ1n) is 9.95. The fourth-order valence-corrected chi connectivity index (χ4v) is 5.02. The van der Waals surface area contributed by atoms with Crippen LogP contribution in [0.2, 0.25) is 0 Å². The Labute approximate surface area is 188 Å². The van der Waals surface area contributed by atoms with Crippen molar-refractivity contribution < 1.29 is 31.1 Å². The SMILES string of the molecule is O=C(COc1ccc(S(=O)(=O)N2CCc3ccccc32)cc1)Nc1cccc(C(F)(F)F)c1. The highest BCUT2D eigenvalue weighted by molar-refractivity contribution is 7.92. The van der Waals surface area contributed by atoms with E-state index >= 15 is 0 Å². The molecule has 6 nitrogen and oxygen atoms in total. The number of amides is 1. The van der Waals surface area contributed by atoms with E-state index in [0.717, 1.165) is 17.7 Å². The lowest BCUT2D eigenvalue weighted by atomic mass is 10.2. The second kappa shape index (κ2) is 8.78. The number of carbonyl (C=O) groups is 1. The smallest absolute Gasteiger partial charge is 0.416 e. The van der Waals surface area contributed by atoms with Crippen LogP contribution in [0.3, 0.4) is 0 Å². The van der Waals surface area contributed by atoms with Crippen LogP contribution in [0.4, 0.5) is 24.5 Å². The van der Waals surface area contributed by atoms with Gasteiger partial charge in [0.25, 0.3) is 15.9 Å². The lowest BCUT2D eigenvalue weighted by molar-refractivity contribution is -0.137. The van der Waals surface area contributed by atoms with E-state index in [1.807, 2.05) is 12.1 Å². The number of rotatable bonds is 6. The summed E-state index contributed by atoms with van der Waals surface area (Å²) in [5.41, 5.74) is 0.737. The number of carbonyl (C=O) groups excluding carboxylic acids is 1. The van der Waals surface area contributed by atoms with Crippen molar-refractivity contribution in [3.8, 4) is 5.75 Å². The third-order valence-corrected chi connectivity index (χ3v) is 6.93. The van der Waals surface area contributed by atoms with E-state index in [-0.39, 0.29) is 16.3 Å². The van der Waals surface area contributed by atoms with Crippen LogP contribution >= 0.6 is 0 Å². The Morgan fingerprint density at radius 3 is 2.45 bits per heavy atom. The minimum Gasteiger partial charge on any atom is -0.484 e. The number of fused-ring (bicyclic) bond motifs is 1. The first kappa shape index (κ1) is 22.7. The maximum atomic E-state index is 13.0. The molecule has 0 saturated heterocycles. The lowest BCUT2D eigenvalue weighted by Gasteiger charge is -2.19. The van der Waals surface area contributed by atoms with Gasteiger partial charge in [0.15, 0.2) is 6.61 Å². The largest absolute Gasteiger partial charge is 0.484 e. The summed E-state index contributed by atoms with van der Waals surface area (Å²) in [5.74, 6) is -0.408. The van der Waals surface area contributed by atoms with Crippen molar-refractivity contribution in [2.45, 2.75) is 17.5 Å². The van der Waals surface area contributed by atoms with Crippen LogP contribution in [0.25, 0.3) is 0 Å². The van der Waals surface area contributed by atoms with E-state index in [0.29, 0.717) is 18.7 Å². The molecule has 1 amide bonds. The molecule has 172 valence electrons. The van der Waals surface area contributed by atoms with Gasteiger partial charge in [-0.15, -0.1) is 0 Å². The van der Waals surface area contributed by atoms with E-state index in [1.54, 1.807) is 12.1 Å². The summed E-state index contributed by atoms with van der Waals surface area (Å²) in [5, 5.41) is 2.34. The molecular weight excluding hydrogens is 457 g/mol. The summed E-state index contributed by atoms with van der Waals surface area (Å²) < 4.78 is 71.1. The third kappa shape index (κ3) is 4.95. The number of halogens is 3. The van der Waals surface area contributed by atoms with Crippen LogP contribution in [0.5, 0.6) is 5.75 Å². The van der Waals surface area contributed by atoms with E-state index in [9.17, 15) is 26.4 Å². The predicted molar refractivity (Wildman–Crippen MR) is 117 cm³/mol. The molecule has 0 unspecified atom stereocenters. The molecule has 0 aliphatic carbocycles. The highest BCUT2D eigenvalue weighted by Gasteiger charge is 2.31. The van der Waals surface area contributed by atoms with Crippen molar-refractivity contribution in [1.29, 1.82) is 0 Å². The summed E-state index contributed by atoms with van der Waals surface area (Å²) in [6.07, 6.45) is -3.88. The molecule has 0 saturated carbocycles. The molecule has 1 N–H and O–H groups in total. The van der Waals surface area contributed by atoms with Gasteiger partial charge in [-0.05, 0) is 60.5 Å². The summed E-state index contributed by atoms with van der Waals surface area (Å²) in [7, 11) is -3.75. The normalized spacial score (nSPS) is 13.5. The Bertz CT molecular complexity index is 1280. The van der Waals surface area contributed by atoms with E-state index < -0.39 is 34.3 Å². The molecule has 0 spiro atoms. The molecule has 33 heavy (non-hydrogen) atoms. The molecule has 10 heteroatoms. The van der Waals surface area contributed by atoms with Crippen LogP contribution in [0.1, 0.15) is 11.1 Å². The predicted octanol–water partition coefficient (Wildman–Crippen LogP) is 4.47. The van der Waals surface area contributed by atoms with Gasteiger partial charge < -0.3 is 10.1 Å². The van der Waals surface area contributed by atoms with Crippen molar-refractivity contribution in [2.75, 3.05) is 22.8 Å². The van der Waals surface area contributed by atoms with Crippen LogP contribution in [0.15, 0.2) is 77.7 Å². The number of nitrogens with zero attached hydrogens (tertiary/aromatic N) is 1. The Hall–Kier alpha value is -3.53. The number of para-hydroxylation sites is 1. The number of nitrogens with one attached hydrogen (secondary N) is 1. The zero-order valence-electron chi connectivity index (χ0n) is 17.2. The van der Waals surface area contributed by atoms with Gasteiger partial charge in [0.2, 0.25) is 0 Å². The lowest BCUT2D eigenvalue weighted by Crippen LogP contribution is -2.29. The minimum atomic E-state index is -4.52. The second-order valence-electron chi connectivity index (χ2n) is 7.34. The van der Waals surface area contributed by atoms with E-state index in [1.165, 1.54) is 40.7 Å². The summed E-state index contributed by atoms with van der Waals surface area (Å²) in [4.78, 5) is 12.1. The van der Waals surface area contributed by atoms with Gasteiger partial charge in [0.05, 0.1) is 16.1 Å². The summed E-state index contributed by atoms with van der Waals surface area (Å²) >= 11 is 0. The number of ether oxygens (including phenoxy) is 1. The molecule has 0 radical (unpaired) electrons. The van der Waals surface area contributed by atoms with E-state index in [4.69, 9.17) is 4.74 Å². The first-order valence-corrected chi connectivity index (χ1v) is 11.4. The van der Waals surface area contributed by atoms with Crippen molar-refractivity contribution in [1.82, 2.24) is 0 Å². The zero-order chi connectivity index (χ0) is 23.6. The molecule has 0 atom stereocenters. The Balaban J connectivity index is 1.38. The highest BCUT2D eigenvalue weighted by Crippen LogP contribution is 2.33. The standard InChI is InChI=1S/C23H19F3N2O4S/c24-23(25,26)17-5-3-6-18(14-17)27-22(29)15-32-19-8-10-20(11-9-19)33(30,31)28-13-12-16-4-1-2-7-21(16)28/h1-11,14H,12-13,15H2,(H,27,29). The second-order valence-corrected chi connectivity index (χ2v) is 9.21. The average Bonchev–Trinajstić information content (AvgIpc) is 3.23. The number of hydrogen-bond donors (Lipinski definition) is 1. The Morgan fingerprint density at radius 1 is 1.00 bits per heavy atom. The zero-order valence-corrected chi connectivity index (χ0v) is 18.0. The number of anilines is 2. The van der Waals surface area contributed by atoms with Gasteiger partial charge in [-0.3, -0.25) is 9.10 Å². The topological polar surface area (TPSA) is 75.7 Å². The van der Waals surface area contributed by atoms with Gasteiger partial charge in [0.1, 0.15) is 5.75 Å². The number of hydrogen-bond acceptors (Lipinski definition) is 4. The fourth-order valence-electron chi connectivity index (χ4n) is 3.51. The van der Waals surface area contributed by atoms with Gasteiger partial charge in [-0.25, -0.2) is 8.42 Å². The van der Waals surface area contributed by atoms with Gasteiger partial charge in [-0.1, -0.05) is 24.3 Å². The van der Waals surface area contributed by atoms with Gasteiger partial charge in [-0.2, -0.15) is 13.2 Å². The van der Waals surface area contributed by atoms with Crippen LogP contribution in [0, 0.1) is 0 Å². The maximum Gasteiger partial charge on any atom is 0.416 e. The number of sulfonamides is 1. The Kier molecular flexibility index (Phi) is 6.03. The molecule has 4 rings (SSSR count). The molecule has 0 bridgehead atoms. The molecule has 3 aromatic rings. The molecule has 3 aromatic carbocycles. The van der Waals surface area contributed by atoms with Gasteiger partial charge in [0, 0.05) is 12.2 Å². The molecular formula is C23H19F3N2O4S. The fraction of sp³-hybridized carbons (Fsp3) is 0.174. The molecule has 0 aromatic heterocycles. The molecule has 1 aliphatic rings. The van der Waals surface area contributed by atoms with Crippen molar-refractivity contribution in [2.24, 2.45) is 0 Å². The quantitative estimate of drug-likeness (QED) is 0.570. The maximum absolute atomic E-state index is 13.0. The van der Waals surface area contributed by atoms with Gasteiger partial charge >= 0.3 is 6.18 Å². The van der Waals surface area contributed by atoms with Crippen molar-refractivity contribution in [3.63, 3.8) is 0 Å². The van der Waals surface area contributed by atoms with Crippen LogP contribution in [-0.4, -0.2) is 27.5 Å². The van der Waals surface area contributed by atoms with E-state index in [2.05, 4.69) is 5.32 Å². The Morgan fingerprint density at radius 2 is 1.73 bits per heavy atom. The molecule has 0 fully saturated rings. The number of benzene rings is 3. The minimum absolute atomic E-state index is 0.00855. The van der Waals surface area contributed by atoms with Crippen LogP contribution in [-0.2, 0) is 27.4 Å². The summed E-state index contributed by atoms with van der Waals surface area (Å²) in [6.45, 7) is -0.0997. The molecule has 1 heterocycles. The number of alkyl halides is 3. The van der Waals surface area contributed by atoms with Crippen LogP contribution < -0.4 is 14.4 Å². The summed E-state index contributed by atoms with van der Waals surface area (Å²) in [6, 6.07) is 17.2. The van der Waals surface area contributed by atoms with Crippen molar-refractivity contribution >= 4 is 27.3 Å².